The molecule has 0 aliphatic carbocycles. The molecule has 16 heavy (non-hydrogen) atoms. The Kier molecular flexibility index (Phi) is 3.32. The second kappa shape index (κ2) is 4.90. The molecular formula is C14H16N2. The number of pyridine rings is 1. The van der Waals surface area contributed by atoms with Gasteiger partial charge < -0.3 is 5.32 Å². The van der Waals surface area contributed by atoms with Crippen molar-refractivity contribution in [1.82, 2.24) is 10.3 Å². The first-order valence-corrected chi connectivity index (χ1v) is 5.46. The number of nitrogens with zero attached hydrogens (tertiary/aromatic N) is 1. The smallest absolute Gasteiger partial charge is 0.0702 e. The second-order valence-corrected chi connectivity index (χ2v) is 3.95. The summed E-state index contributed by atoms with van der Waals surface area (Å²) < 4.78 is 0. The fourth-order valence-electron chi connectivity index (χ4n) is 1.71. The predicted molar refractivity (Wildman–Crippen MR) is 67.2 cm³/mol. The highest BCUT2D eigenvalue weighted by Gasteiger charge is 1.99. The van der Waals surface area contributed by atoms with E-state index in [1.54, 1.807) is 0 Å². The molecule has 0 aliphatic rings. The minimum Gasteiger partial charge on any atom is -0.316 e. The summed E-state index contributed by atoms with van der Waals surface area (Å²) in [7, 11) is 1.94. The van der Waals surface area contributed by atoms with Gasteiger partial charge in [-0.05, 0) is 31.7 Å². The molecular weight excluding hydrogens is 196 g/mol. The summed E-state index contributed by atoms with van der Waals surface area (Å²) in [4.78, 5) is 4.47. The van der Waals surface area contributed by atoms with Crippen LogP contribution in [0.2, 0.25) is 0 Å². The fourth-order valence-corrected chi connectivity index (χ4v) is 1.71. The highest BCUT2D eigenvalue weighted by molar-refractivity contribution is 5.59. The molecule has 0 spiro atoms. The average molecular weight is 212 g/mol. The lowest BCUT2D eigenvalue weighted by Crippen LogP contribution is -2.05. The zero-order chi connectivity index (χ0) is 11.4. The minimum absolute atomic E-state index is 0.862. The Hall–Kier alpha value is -1.67. The number of benzene rings is 1. The Balaban J connectivity index is 2.27. The first kappa shape index (κ1) is 10.8. The number of nitrogens with one attached hydrogen (secondary N) is 1. The van der Waals surface area contributed by atoms with Crippen LogP contribution in [0.25, 0.3) is 11.3 Å². The summed E-state index contributed by atoms with van der Waals surface area (Å²) in [5.74, 6) is 0. The Morgan fingerprint density at radius 3 is 2.69 bits per heavy atom. The van der Waals surface area contributed by atoms with Gasteiger partial charge in [-0.15, -0.1) is 0 Å². The van der Waals surface area contributed by atoms with E-state index in [4.69, 9.17) is 0 Å². The van der Waals surface area contributed by atoms with Crippen molar-refractivity contribution in [1.29, 1.82) is 0 Å². The normalized spacial score (nSPS) is 10.4. The van der Waals surface area contributed by atoms with Crippen LogP contribution in [0.1, 0.15) is 11.1 Å². The van der Waals surface area contributed by atoms with Crippen molar-refractivity contribution in [3.8, 4) is 11.3 Å². The lowest BCUT2D eigenvalue weighted by atomic mass is 10.1. The van der Waals surface area contributed by atoms with E-state index in [-0.39, 0.29) is 0 Å². The molecule has 2 heteroatoms. The molecule has 2 aromatic rings. The molecule has 0 bridgehead atoms. The molecule has 0 radical (unpaired) electrons. The lowest BCUT2D eigenvalue weighted by Gasteiger charge is -2.04. The van der Waals surface area contributed by atoms with Gasteiger partial charge in [-0.1, -0.05) is 29.8 Å². The van der Waals surface area contributed by atoms with Crippen LogP contribution in [0.5, 0.6) is 0 Å². The van der Waals surface area contributed by atoms with Gasteiger partial charge in [0.05, 0.1) is 5.69 Å². The maximum absolute atomic E-state index is 4.47. The molecule has 0 unspecified atom stereocenters. The summed E-state index contributed by atoms with van der Waals surface area (Å²) in [5, 5.41) is 3.11. The Labute approximate surface area is 96.4 Å². The number of aryl methyl sites for hydroxylation is 1. The van der Waals surface area contributed by atoms with Crippen molar-refractivity contribution in [2.24, 2.45) is 0 Å². The molecule has 82 valence electrons. The molecule has 0 atom stereocenters. The van der Waals surface area contributed by atoms with Crippen molar-refractivity contribution >= 4 is 0 Å². The van der Waals surface area contributed by atoms with Crippen LogP contribution < -0.4 is 5.32 Å². The predicted octanol–water partition coefficient (Wildman–Crippen LogP) is 2.78. The summed E-state index contributed by atoms with van der Waals surface area (Å²) >= 11 is 0. The maximum atomic E-state index is 4.47. The highest BCUT2D eigenvalue weighted by Crippen LogP contribution is 2.17. The summed E-state index contributed by atoms with van der Waals surface area (Å²) in [6, 6.07) is 12.6. The van der Waals surface area contributed by atoms with E-state index in [0.717, 1.165) is 12.2 Å². The maximum Gasteiger partial charge on any atom is 0.0702 e. The van der Waals surface area contributed by atoms with Crippen LogP contribution in [-0.4, -0.2) is 12.0 Å². The van der Waals surface area contributed by atoms with E-state index in [9.17, 15) is 0 Å². The Morgan fingerprint density at radius 1 is 1.19 bits per heavy atom. The van der Waals surface area contributed by atoms with Crippen LogP contribution in [0.15, 0.2) is 42.6 Å². The third-order valence-corrected chi connectivity index (χ3v) is 2.52. The molecule has 0 aliphatic heterocycles. The van der Waals surface area contributed by atoms with E-state index in [1.165, 1.54) is 16.7 Å². The fraction of sp³-hybridized carbons (Fsp3) is 0.214. The summed E-state index contributed by atoms with van der Waals surface area (Å²) in [5.41, 5.74) is 4.68. The zero-order valence-electron chi connectivity index (χ0n) is 9.70. The van der Waals surface area contributed by atoms with Crippen LogP contribution in [0, 0.1) is 6.92 Å². The van der Waals surface area contributed by atoms with Crippen molar-refractivity contribution < 1.29 is 0 Å². The van der Waals surface area contributed by atoms with Gasteiger partial charge in [0, 0.05) is 18.3 Å². The first-order chi connectivity index (χ1) is 7.79. The number of aromatic nitrogens is 1. The molecule has 2 rings (SSSR count). The molecule has 0 fully saturated rings. The molecule has 2 nitrogen and oxygen atoms in total. The third kappa shape index (κ3) is 2.47. The molecule has 1 N–H and O–H groups in total. The van der Waals surface area contributed by atoms with Crippen molar-refractivity contribution in [3.05, 3.63) is 53.7 Å². The van der Waals surface area contributed by atoms with E-state index in [0.29, 0.717) is 0 Å². The zero-order valence-corrected chi connectivity index (χ0v) is 9.70. The van der Waals surface area contributed by atoms with Gasteiger partial charge in [-0.25, -0.2) is 0 Å². The van der Waals surface area contributed by atoms with E-state index >= 15 is 0 Å². The molecule has 1 heterocycles. The van der Waals surface area contributed by atoms with Gasteiger partial charge in [0.25, 0.3) is 0 Å². The number of hydrogen-bond donors (Lipinski definition) is 1. The minimum atomic E-state index is 0.862. The Bertz CT molecular complexity index is 460. The topological polar surface area (TPSA) is 24.9 Å². The number of rotatable bonds is 3. The van der Waals surface area contributed by atoms with Gasteiger partial charge in [0.15, 0.2) is 0 Å². The molecule has 0 amide bonds. The SMILES string of the molecule is CNCc1ccc(-c2cccc(C)c2)nc1. The van der Waals surface area contributed by atoms with Crippen molar-refractivity contribution in [2.45, 2.75) is 13.5 Å². The van der Waals surface area contributed by atoms with E-state index in [1.807, 2.05) is 13.2 Å². The molecule has 0 saturated heterocycles. The van der Waals surface area contributed by atoms with Gasteiger partial charge in [0.2, 0.25) is 0 Å². The average Bonchev–Trinajstić information content (AvgIpc) is 2.30. The van der Waals surface area contributed by atoms with Crippen molar-refractivity contribution in [2.75, 3.05) is 7.05 Å². The van der Waals surface area contributed by atoms with Crippen molar-refractivity contribution in [3.63, 3.8) is 0 Å². The quantitative estimate of drug-likeness (QED) is 0.846. The summed E-state index contributed by atoms with van der Waals surface area (Å²) in [6.07, 6.45) is 1.92. The third-order valence-electron chi connectivity index (χ3n) is 2.52. The Morgan fingerprint density at radius 2 is 2.06 bits per heavy atom. The lowest BCUT2D eigenvalue weighted by molar-refractivity contribution is 0.813. The van der Waals surface area contributed by atoms with Crippen LogP contribution in [0.4, 0.5) is 0 Å². The monoisotopic (exact) mass is 212 g/mol. The standard InChI is InChI=1S/C14H16N2/c1-11-4-3-5-13(8-11)14-7-6-12(9-15-2)10-16-14/h3-8,10,15H,9H2,1-2H3. The molecule has 1 aromatic heterocycles. The van der Waals surface area contributed by atoms with Crippen LogP contribution in [-0.2, 0) is 6.54 Å². The van der Waals surface area contributed by atoms with Gasteiger partial charge in [-0.2, -0.15) is 0 Å². The van der Waals surface area contributed by atoms with Gasteiger partial charge in [0.1, 0.15) is 0 Å². The van der Waals surface area contributed by atoms with Gasteiger partial charge in [-0.3, -0.25) is 4.98 Å². The van der Waals surface area contributed by atoms with Gasteiger partial charge >= 0.3 is 0 Å². The summed E-state index contributed by atoms with van der Waals surface area (Å²) in [6.45, 7) is 2.96. The first-order valence-electron chi connectivity index (χ1n) is 5.46. The van der Waals surface area contributed by atoms with Crippen LogP contribution >= 0.6 is 0 Å². The van der Waals surface area contributed by atoms with E-state index in [2.05, 4.69) is 53.6 Å². The highest BCUT2D eigenvalue weighted by atomic mass is 14.8. The largest absolute Gasteiger partial charge is 0.316 e. The van der Waals surface area contributed by atoms with E-state index < -0.39 is 0 Å². The number of hydrogen-bond acceptors (Lipinski definition) is 2. The second-order valence-electron chi connectivity index (χ2n) is 3.95. The van der Waals surface area contributed by atoms with Crippen LogP contribution in [0.3, 0.4) is 0 Å². The molecule has 1 aromatic carbocycles. The molecule has 0 saturated carbocycles.